The molecule has 0 unspecified atom stereocenters. The van der Waals surface area contributed by atoms with Gasteiger partial charge in [-0.3, -0.25) is 4.52 Å². The molecule has 3 aromatic rings. The summed E-state index contributed by atoms with van der Waals surface area (Å²) in [5.74, 6) is -3.02. The summed E-state index contributed by atoms with van der Waals surface area (Å²) < 4.78 is 69.1. The van der Waals surface area contributed by atoms with Crippen LogP contribution < -0.4 is 16.8 Å². The van der Waals surface area contributed by atoms with Crippen molar-refractivity contribution in [3.05, 3.63) is 39.0 Å². The van der Waals surface area contributed by atoms with Crippen LogP contribution in [0.4, 0.5) is 10.2 Å². The Morgan fingerprint density at radius 2 is 2.35 bits per heavy atom. The topological polar surface area (TPSA) is 125 Å². The first-order chi connectivity index (χ1) is 13.3. The molecule has 2 aromatic heterocycles. The Balaban J connectivity index is 2.19. The summed E-state index contributed by atoms with van der Waals surface area (Å²) in [5.41, 5.74) is 4.33. The largest absolute Gasteiger partial charge is 0.446 e. The maximum atomic E-state index is 13.7. The predicted molar refractivity (Wildman–Crippen MR) is 80.6 cm³/mol. The molecule has 11 heteroatoms. The average molecular weight is 391 g/mol. The molecule has 0 aliphatic carbocycles. The van der Waals surface area contributed by atoms with Crippen LogP contribution in [0.2, 0.25) is 0 Å². The minimum absolute atomic E-state index is 0.327. The third kappa shape index (κ3) is 2.87. The van der Waals surface area contributed by atoms with Gasteiger partial charge in [0, 0.05) is 15.7 Å². The normalized spacial score (nSPS) is 16.0. The van der Waals surface area contributed by atoms with Crippen molar-refractivity contribution in [1.29, 1.82) is 0 Å². The molecule has 0 radical (unpaired) electrons. The summed E-state index contributed by atoms with van der Waals surface area (Å²) in [5, 5.41) is 12.4. The molecule has 0 atom stereocenters. The number of hydrogen-bond acceptors (Lipinski definition) is 8. The van der Waals surface area contributed by atoms with E-state index in [1.807, 2.05) is 5.32 Å². The average Bonchev–Trinajstić information content (AvgIpc) is 3.18. The fourth-order valence-electron chi connectivity index (χ4n) is 1.62. The van der Waals surface area contributed by atoms with Gasteiger partial charge >= 0.3 is 5.76 Å². The third-order valence-electron chi connectivity index (χ3n) is 2.56. The van der Waals surface area contributed by atoms with E-state index in [1.54, 1.807) is 0 Å². The first-order valence-corrected chi connectivity index (χ1v) is 6.58. The molecule has 3 rings (SSSR count). The van der Waals surface area contributed by atoms with Gasteiger partial charge in [0.2, 0.25) is 11.6 Å². The van der Waals surface area contributed by atoms with Crippen LogP contribution in [0.25, 0.3) is 17.2 Å². The van der Waals surface area contributed by atoms with E-state index in [4.69, 9.17) is 14.0 Å². The van der Waals surface area contributed by atoms with Crippen LogP contribution >= 0.6 is 15.9 Å². The summed E-state index contributed by atoms with van der Waals surface area (Å²) in [4.78, 5) is 12.2. The van der Waals surface area contributed by atoms with Gasteiger partial charge in [-0.15, -0.1) is 0 Å². The molecular weight excluding hydrogens is 375 g/mol. The van der Waals surface area contributed by atoms with Gasteiger partial charge in [-0.1, -0.05) is 5.16 Å². The van der Waals surface area contributed by atoms with Crippen LogP contribution in [0.3, 0.4) is 0 Å². The van der Waals surface area contributed by atoms with E-state index in [0.29, 0.717) is 4.57 Å². The van der Waals surface area contributed by atoms with Gasteiger partial charge in [-0.25, -0.2) is 18.4 Å². The van der Waals surface area contributed by atoms with Gasteiger partial charge < -0.3 is 11.1 Å². The Morgan fingerprint density at radius 1 is 1.52 bits per heavy atom. The van der Waals surface area contributed by atoms with Crippen molar-refractivity contribution in [2.45, 2.75) is 0 Å². The minimum Gasteiger partial charge on any atom is -0.364 e. The zero-order chi connectivity index (χ0) is 21.7. The summed E-state index contributed by atoms with van der Waals surface area (Å²) in [6.07, 6.45) is 0. The highest BCUT2D eigenvalue weighted by Crippen LogP contribution is 2.25. The molecule has 23 heavy (non-hydrogen) atoms. The van der Waals surface area contributed by atoms with Crippen molar-refractivity contribution < 1.29 is 21.8 Å². The molecule has 0 amide bonds. The molecule has 0 saturated heterocycles. The number of nitrogens with one attached hydrogen (secondary N) is 1. The number of benzene rings is 1. The van der Waals surface area contributed by atoms with Gasteiger partial charge in [0.05, 0.1) is 15.6 Å². The zero-order valence-corrected chi connectivity index (χ0v) is 12.5. The van der Waals surface area contributed by atoms with E-state index in [1.165, 1.54) is 0 Å². The molecule has 3 N–H and O–H groups in total. The van der Waals surface area contributed by atoms with Gasteiger partial charge in [0.25, 0.3) is 0 Å². The van der Waals surface area contributed by atoms with Crippen LogP contribution in [0.15, 0.2) is 36.6 Å². The Bertz CT molecular complexity index is 1140. The Kier molecular flexibility index (Phi) is 2.62. The van der Waals surface area contributed by atoms with Crippen molar-refractivity contribution in [3.63, 3.8) is 0 Å². The monoisotopic (exact) mass is 390 g/mol. The number of hydrogen-bond donors (Lipinski definition) is 2. The first kappa shape index (κ1) is 9.57. The van der Waals surface area contributed by atoms with E-state index in [0.717, 1.165) is 6.07 Å². The highest BCUT2D eigenvalue weighted by Gasteiger charge is 2.22. The number of nitrogens with zero attached hydrogens (tertiary/aromatic N) is 4. The smallest absolute Gasteiger partial charge is 0.364 e. The molecule has 0 saturated carbocycles. The van der Waals surface area contributed by atoms with Gasteiger partial charge in [0.1, 0.15) is 5.82 Å². The fourth-order valence-corrected chi connectivity index (χ4v) is 1.93. The van der Waals surface area contributed by atoms with E-state index in [-0.39, 0.29) is 4.47 Å². The van der Waals surface area contributed by atoms with E-state index in [9.17, 15) is 9.18 Å². The Hall–Kier alpha value is -2.53. The van der Waals surface area contributed by atoms with Gasteiger partial charge in [0.15, 0.2) is 5.69 Å². The molecule has 120 valence electrons. The molecule has 0 spiro atoms. The van der Waals surface area contributed by atoms with E-state index >= 15 is 0 Å². The molecule has 0 aliphatic heterocycles. The molecule has 0 fully saturated rings. The Labute approximate surface area is 144 Å². The second-order valence-electron chi connectivity index (χ2n) is 3.89. The van der Waals surface area contributed by atoms with Gasteiger partial charge in [-0.2, -0.15) is 0 Å². The maximum absolute atomic E-state index is 13.7. The number of aromatic nitrogens is 4. The van der Waals surface area contributed by atoms with E-state index in [2.05, 4.69) is 40.6 Å². The number of nitrogens with two attached hydrogens (primary N) is 1. The summed E-state index contributed by atoms with van der Waals surface area (Å²) in [7, 11) is 0. The van der Waals surface area contributed by atoms with Gasteiger partial charge in [-0.05, 0) is 44.4 Å². The van der Waals surface area contributed by atoms with Crippen molar-refractivity contribution >= 4 is 21.7 Å². The van der Waals surface area contributed by atoms with Crippen molar-refractivity contribution in [2.24, 2.45) is 5.73 Å². The standard InChI is InChI=1S/C12H10BrFN6O3/c13-7-5-6(1-2-8(7)14)20-11(19-22-12(20)21)9-10(16-4-3-15)18-23-17-9/h1-2,5H,3-4,15H2,(H,16,18)/i1D,3D2,4D2,5D. The molecule has 9 nitrogen and oxygen atoms in total. The molecule has 1 aromatic carbocycles. The van der Waals surface area contributed by atoms with Crippen LogP contribution in [0.5, 0.6) is 0 Å². The highest BCUT2D eigenvalue weighted by molar-refractivity contribution is 9.10. The first-order valence-electron chi connectivity index (χ1n) is 8.79. The van der Waals surface area contributed by atoms with Crippen molar-refractivity contribution in [3.8, 4) is 17.2 Å². The second kappa shape index (κ2) is 6.30. The number of halogens is 2. The summed E-state index contributed by atoms with van der Waals surface area (Å²) in [6.45, 7) is -5.70. The van der Waals surface area contributed by atoms with Crippen LogP contribution in [0.1, 0.15) is 8.22 Å². The zero-order valence-electron chi connectivity index (χ0n) is 16.9. The van der Waals surface area contributed by atoms with Crippen LogP contribution in [-0.2, 0) is 0 Å². The molecular formula is C12H10BrFN6O3. The van der Waals surface area contributed by atoms with Crippen LogP contribution in [-0.4, -0.2) is 33.0 Å². The predicted octanol–water partition coefficient (Wildman–Crippen LogP) is 1.15. The quantitative estimate of drug-likeness (QED) is 0.664. The molecule has 0 bridgehead atoms. The van der Waals surface area contributed by atoms with Crippen molar-refractivity contribution in [1.82, 2.24) is 20.0 Å². The summed E-state index contributed by atoms with van der Waals surface area (Å²) >= 11 is 2.85. The lowest BCUT2D eigenvalue weighted by atomic mass is 10.3. The lowest BCUT2D eigenvalue weighted by Gasteiger charge is -2.05. The Morgan fingerprint density at radius 3 is 3.13 bits per heavy atom. The second-order valence-corrected chi connectivity index (χ2v) is 4.68. The SMILES string of the molecule is [2H]c1cc(F)c(Br)c([2H])c1-n1c(-c2nonc2NC([2H])([2H])C([2H])([2H])N)noc1=O. The van der Waals surface area contributed by atoms with E-state index < -0.39 is 59.7 Å². The number of rotatable bonds is 5. The summed E-state index contributed by atoms with van der Waals surface area (Å²) in [6, 6.07) is -0.370. The molecule has 2 heterocycles. The lowest BCUT2D eigenvalue weighted by molar-refractivity contribution is 0.309. The fraction of sp³-hybridized carbons (Fsp3) is 0.167. The number of anilines is 1. The highest BCUT2D eigenvalue weighted by atomic mass is 79.9. The third-order valence-corrected chi connectivity index (χ3v) is 3.13. The molecule has 0 aliphatic rings. The minimum atomic E-state index is -2.85. The van der Waals surface area contributed by atoms with Crippen LogP contribution in [0, 0.1) is 5.82 Å². The maximum Gasteiger partial charge on any atom is 0.446 e. The van der Waals surface area contributed by atoms with Crippen molar-refractivity contribution in [2.75, 3.05) is 18.3 Å². The lowest BCUT2D eigenvalue weighted by Crippen LogP contribution is -2.16.